The van der Waals surface area contributed by atoms with Crippen LogP contribution in [0.5, 0.6) is 0 Å². The van der Waals surface area contributed by atoms with Gasteiger partial charge in [-0.25, -0.2) is 0 Å². The Morgan fingerprint density at radius 1 is 1.23 bits per heavy atom. The molecule has 0 radical (unpaired) electrons. The highest BCUT2D eigenvalue weighted by molar-refractivity contribution is 4.72. The lowest BCUT2D eigenvalue weighted by molar-refractivity contribution is 0.461. The Morgan fingerprint density at radius 2 is 1.92 bits per heavy atom. The van der Waals surface area contributed by atoms with Crippen LogP contribution in [0.15, 0.2) is 0 Å². The van der Waals surface area contributed by atoms with Gasteiger partial charge in [-0.05, 0) is 19.3 Å². The molecule has 0 aliphatic rings. The highest BCUT2D eigenvalue weighted by Crippen LogP contribution is 2.07. The molecule has 0 aliphatic carbocycles. The molecule has 0 saturated heterocycles. The van der Waals surface area contributed by atoms with Crippen molar-refractivity contribution >= 4 is 0 Å². The zero-order valence-corrected chi connectivity index (χ0v) is 9.14. The van der Waals surface area contributed by atoms with E-state index in [4.69, 9.17) is 5.26 Å². The Morgan fingerprint density at radius 3 is 2.46 bits per heavy atom. The second-order valence-electron chi connectivity index (χ2n) is 4.09. The highest BCUT2D eigenvalue weighted by atomic mass is 14.9. The lowest BCUT2D eigenvalue weighted by Crippen LogP contribution is -2.26. The SMILES string of the molecule is CC(C)CCCC(C)NCCC#N. The molecule has 0 aliphatic heterocycles. The molecule has 0 aromatic heterocycles. The lowest BCUT2D eigenvalue weighted by Gasteiger charge is -2.12. The van der Waals surface area contributed by atoms with Crippen LogP contribution in [-0.2, 0) is 0 Å². The number of nitrogens with zero attached hydrogens (tertiary/aromatic N) is 1. The van der Waals surface area contributed by atoms with Crippen molar-refractivity contribution in [2.75, 3.05) is 6.54 Å². The first-order chi connectivity index (χ1) is 6.16. The fraction of sp³-hybridized carbons (Fsp3) is 0.909. The van der Waals surface area contributed by atoms with Crippen LogP contribution in [0.25, 0.3) is 0 Å². The largest absolute Gasteiger partial charge is 0.313 e. The predicted octanol–water partition coefficient (Wildman–Crippen LogP) is 2.70. The standard InChI is InChI=1S/C11H22N2/c1-10(2)6-4-7-11(3)13-9-5-8-12/h10-11,13H,4-7,9H2,1-3H3. The molecule has 0 rings (SSSR count). The Balaban J connectivity index is 3.21. The van der Waals surface area contributed by atoms with Gasteiger partial charge in [-0.3, -0.25) is 0 Å². The van der Waals surface area contributed by atoms with Crippen LogP contribution in [0.1, 0.15) is 46.5 Å². The lowest BCUT2D eigenvalue weighted by atomic mass is 10.0. The minimum Gasteiger partial charge on any atom is -0.313 e. The van der Waals surface area contributed by atoms with E-state index in [-0.39, 0.29) is 0 Å². The van der Waals surface area contributed by atoms with Gasteiger partial charge in [-0.15, -0.1) is 0 Å². The van der Waals surface area contributed by atoms with Gasteiger partial charge in [0.25, 0.3) is 0 Å². The van der Waals surface area contributed by atoms with E-state index in [1.165, 1.54) is 19.3 Å². The van der Waals surface area contributed by atoms with Gasteiger partial charge >= 0.3 is 0 Å². The van der Waals surface area contributed by atoms with E-state index in [9.17, 15) is 0 Å². The molecule has 0 spiro atoms. The van der Waals surface area contributed by atoms with Gasteiger partial charge in [-0.1, -0.05) is 26.7 Å². The summed E-state index contributed by atoms with van der Waals surface area (Å²) in [5.41, 5.74) is 0. The van der Waals surface area contributed by atoms with Crippen LogP contribution in [0.3, 0.4) is 0 Å². The summed E-state index contributed by atoms with van der Waals surface area (Å²) in [5, 5.41) is 11.7. The molecule has 2 nitrogen and oxygen atoms in total. The number of nitrogens with one attached hydrogen (secondary N) is 1. The molecule has 0 heterocycles. The minimum absolute atomic E-state index is 0.562. The van der Waals surface area contributed by atoms with Crippen LogP contribution >= 0.6 is 0 Å². The molecule has 1 atom stereocenters. The molecule has 13 heavy (non-hydrogen) atoms. The summed E-state index contributed by atoms with van der Waals surface area (Å²) in [6.07, 6.45) is 4.45. The third-order valence-corrected chi connectivity index (χ3v) is 2.15. The Labute approximate surface area is 82.3 Å². The van der Waals surface area contributed by atoms with E-state index in [1.54, 1.807) is 0 Å². The van der Waals surface area contributed by atoms with Crippen molar-refractivity contribution in [3.05, 3.63) is 0 Å². The Hall–Kier alpha value is -0.550. The summed E-state index contributed by atoms with van der Waals surface area (Å²) in [6, 6.07) is 2.70. The van der Waals surface area contributed by atoms with Crippen molar-refractivity contribution < 1.29 is 0 Å². The zero-order valence-electron chi connectivity index (χ0n) is 9.14. The average Bonchev–Trinajstić information content (AvgIpc) is 2.04. The number of hydrogen-bond acceptors (Lipinski definition) is 2. The normalized spacial score (nSPS) is 12.8. The molecule has 2 heteroatoms. The molecule has 0 amide bonds. The molecule has 0 bridgehead atoms. The van der Waals surface area contributed by atoms with Crippen LogP contribution in [0.2, 0.25) is 0 Å². The smallest absolute Gasteiger partial charge is 0.0635 e. The van der Waals surface area contributed by atoms with Crippen LogP contribution in [0.4, 0.5) is 0 Å². The summed E-state index contributed by atoms with van der Waals surface area (Å²) < 4.78 is 0. The molecular formula is C11H22N2. The van der Waals surface area contributed by atoms with Gasteiger partial charge in [0.15, 0.2) is 0 Å². The summed E-state index contributed by atoms with van der Waals surface area (Å²) in [4.78, 5) is 0. The van der Waals surface area contributed by atoms with Gasteiger partial charge < -0.3 is 5.32 Å². The minimum atomic E-state index is 0.562. The van der Waals surface area contributed by atoms with Crippen molar-refractivity contribution in [1.82, 2.24) is 5.32 Å². The molecule has 0 aromatic carbocycles. The van der Waals surface area contributed by atoms with Crippen LogP contribution < -0.4 is 5.32 Å². The van der Waals surface area contributed by atoms with Crippen molar-refractivity contribution in [2.24, 2.45) is 5.92 Å². The van der Waals surface area contributed by atoms with Gasteiger partial charge in [0, 0.05) is 19.0 Å². The van der Waals surface area contributed by atoms with Crippen LogP contribution in [0, 0.1) is 17.2 Å². The maximum atomic E-state index is 8.34. The van der Waals surface area contributed by atoms with E-state index >= 15 is 0 Å². The fourth-order valence-electron chi connectivity index (χ4n) is 1.31. The fourth-order valence-corrected chi connectivity index (χ4v) is 1.31. The second kappa shape index (κ2) is 8.07. The van der Waals surface area contributed by atoms with E-state index < -0.39 is 0 Å². The molecule has 0 saturated carbocycles. The first kappa shape index (κ1) is 12.4. The van der Waals surface area contributed by atoms with Gasteiger partial charge in [0.2, 0.25) is 0 Å². The summed E-state index contributed by atoms with van der Waals surface area (Å²) in [7, 11) is 0. The van der Waals surface area contributed by atoms with E-state index in [0.717, 1.165) is 12.5 Å². The molecule has 76 valence electrons. The number of rotatable bonds is 7. The molecule has 0 fully saturated rings. The monoisotopic (exact) mass is 182 g/mol. The molecule has 1 unspecified atom stereocenters. The summed E-state index contributed by atoms with van der Waals surface area (Å²) in [6.45, 7) is 7.54. The number of nitriles is 1. The van der Waals surface area contributed by atoms with E-state index in [1.807, 2.05) is 0 Å². The average molecular weight is 182 g/mol. The quantitative estimate of drug-likeness (QED) is 0.614. The topological polar surface area (TPSA) is 35.8 Å². The number of hydrogen-bond donors (Lipinski definition) is 1. The maximum absolute atomic E-state index is 8.34. The highest BCUT2D eigenvalue weighted by Gasteiger charge is 2.01. The van der Waals surface area contributed by atoms with Crippen molar-refractivity contribution in [3.8, 4) is 6.07 Å². The Kier molecular flexibility index (Phi) is 7.73. The third kappa shape index (κ3) is 9.36. The maximum Gasteiger partial charge on any atom is 0.0635 e. The van der Waals surface area contributed by atoms with Crippen LogP contribution in [-0.4, -0.2) is 12.6 Å². The second-order valence-corrected chi connectivity index (χ2v) is 4.09. The van der Waals surface area contributed by atoms with Gasteiger partial charge in [0.1, 0.15) is 0 Å². The van der Waals surface area contributed by atoms with Gasteiger partial charge in [-0.2, -0.15) is 5.26 Å². The van der Waals surface area contributed by atoms with Crippen molar-refractivity contribution in [3.63, 3.8) is 0 Å². The van der Waals surface area contributed by atoms with Gasteiger partial charge in [0.05, 0.1) is 6.07 Å². The first-order valence-electron chi connectivity index (χ1n) is 5.27. The summed E-state index contributed by atoms with van der Waals surface area (Å²) >= 11 is 0. The summed E-state index contributed by atoms with van der Waals surface area (Å²) in [5.74, 6) is 0.811. The van der Waals surface area contributed by atoms with E-state index in [2.05, 4.69) is 32.2 Å². The Bertz CT molecular complexity index is 147. The first-order valence-corrected chi connectivity index (χ1v) is 5.27. The van der Waals surface area contributed by atoms with Crippen molar-refractivity contribution in [2.45, 2.75) is 52.5 Å². The molecule has 1 N–H and O–H groups in total. The third-order valence-electron chi connectivity index (χ3n) is 2.15. The van der Waals surface area contributed by atoms with Crippen molar-refractivity contribution in [1.29, 1.82) is 5.26 Å². The molecular weight excluding hydrogens is 160 g/mol. The zero-order chi connectivity index (χ0) is 10.1. The van der Waals surface area contributed by atoms with E-state index in [0.29, 0.717) is 12.5 Å². The molecule has 0 aromatic rings. The predicted molar refractivity (Wildman–Crippen MR) is 56.4 cm³/mol.